The Bertz CT molecular complexity index is 1000. The topological polar surface area (TPSA) is 118 Å². The number of carbonyl (C=O) groups excluding carboxylic acids is 1. The predicted molar refractivity (Wildman–Crippen MR) is 118 cm³/mol. The number of nitrogens with two attached hydrogens (primary N) is 1. The molecule has 162 valence electrons. The molecule has 0 unspecified atom stereocenters. The SMILES string of the molecule is CC(C)(N)CCNC(=O)c1cc(NCc2ccc(F)cc2)nc(Nc2cnccn2)c1. The van der Waals surface area contributed by atoms with Crippen LogP contribution in [0.2, 0.25) is 0 Å². The Balaban J connectivity index is 1.77. The number of carbonyl (C=O) groups is 1. The number of hydrogen-bond acceptors (Lipinski definition) is 7. The second-order valence-corrected chi connectivity index (χ2v) is 7.82. The zero-order valence-electron chi connectivity index (χ0n) is 17.5. The summed E-state index contributed by atoms with van der Waals surface area (Å²) in [5, 5.41) is 9.11. The van der Waals surface area contributed by atoms with Gasteiger partial charge in [0.05, 0.1) is 6.20 Å². The molecule has 0 spiro atoms. The zero-order chi connectivity index (χ0) is 22.3. The van der Waals surface area contributed by atoms with Crippen molar-refractivity contribution in [2.75, 3.05) is 17.2 Å². The number of benzene rings is 1. The highest BCUT2D eigenvalue weighted by Crippen LogP contribution is 2.18. The van der Waals surface area contributed by atoms with Crippen molar-refractivity contribution in [1.29, 1.82) is 0 Å². The van der Waals surface area contributed by atoms with Crippen molar-refractivity contribution in [3.63, 3.8) is 0 Å². The smallest absolute Gasteiger partial charge is 0.251 e. The molecule has 0 aliphatic heterocycles. The first-order valence-corrected chi connectivity index (χ1v) is 9.89. The largest absolute Gasteiger partial charge is 0.366 e. The second kappa shape index (κ2) is 9.94. The highest BCUT2D eigenvalue weighted by molar-refractivity contribution is 5.95. The molecule has 0 bridgehead atoms. The van der Waals surface area contributed by atoms with E-state index in [2.05, 4.69) is 30.9 Å². The lowest BCUT2D eigenvalue weighted by atomic mass is 10.0. The van der Waals surface area contributed by atoms with E-state index in [4.69, 9.17) is 5.73 Å². The van der Waals surface area contributed by atoms with E-state index < -0.39 is 0 Å². The second-order valence-electron chi connectivity index (χ2n) is 7.82. The molecule has 3 rings (SSSR count). The van der Waals surface area contributed by atoms with Gasteiger partial charge in [-0.05, 0) is 50.1 Å². The summed E-state index contributed by atoms with van der Waals surface area (Å²) >= 11 is 0. The molecule has 0 fully saturated rings. The van der Waals surface area contributed by atoms with Gasteiger partial charge in [-0.25, -0.2) is 14.4 Å². The quantitative estimate of drug-likeness (QED) is 0.417. The van der Waals surface area contributed by atoms with Gasteiger partial charge < -0.3 is 21.7 Å². The molecule has 2 heterocycles. The molecule has 2 aromatic heterocycles. The first-order valence-electron chi connectivity index (χ1n) is 9.89. The van der Waals surface area contributed by atoms with E-state index in [9.17, 15) is 9.18 Å². The number of amides is 1. The van der Waals surface area contributed by atoms with E-state index in [1.165, 1.54) is 12.1 Å². The summed E-state index contributed by atoms with van der Waals surface area (Å²) in [6.45, 7) is 4.69. The van der Waals surface area contributed by atoms with Crippen LogP contribution in [-0.4, -0.2) is 32.9 Å². The van der Waals surface area contributed by atoms with Gasteiger partial charge in [-0.1, -0.05) is 12.1 Å². The number of pyridine rings is 1. The summed E-state index contributed by atoms with van der Waals surface area (Å²) < 4.78 is 13.1. The monoisotopic (exact) mass is 423 g/mol. The first kappa shape index (κ1) is 22.1. The van der Waals surface area contributed by atoms with Gasteiger partial charge in [-0.15, -0.1) is 0 Å². The summed E-state index contributed by atoms with van der Waals surface area (Å²) in [4.78, 5) is 25.4. The van der Waals surface area contributed by atoms with Crippen molar-refractivity contribution in [2.45, 2.75) is 32.4 Å². The summed E-state index contributed by atoms with van der Waals surface area (Å²) in [6.07, 6.45) is 5.33. The van der Waals surface area contributed by atoms with Crippen LogP contribution in [0.1, 0.15) is 36.2 Å². The van der Waals surface area contributed by atoms with Crippen LogP contribution in [0.15, 0.2) is 55.0 Å². The summed E-state index contributed by atoms with van der Waals surface area (Å²) in [5.74, 6) is 0.897. The summed E-state index contributed by atoms with van der Waals surface area (Å²) in [6, 6.07) is 9.47. The fraction of sp³-hybridized carbons (Fsp3) is 0.273. The van der Waals surface area contributed by atoms with Gasteiger partial charge in [0.1, 0.15) is 23.3 Å². The first-order chi connectivity index (χ1) is 14.8. The van der Waals surface area contributed by atoms with Crippen LogP contribution >= 0.6 is 0 Å². The highest BCUT2D eigenvalue weighted by atomic mass is 19.1. The number of nitrogens with one attached hydrogen (secondary N) is 3. The Kier molecular flexibility index (Phi) is 7.09. The molecule has 1 amide bonds. The van der Waals surface area contributed by atoms with Gasteiger partial charge >= 0.3 is 0 Å². The van der Waals surface area contributed by atoms with Crippen LogP contribution in [0.25, 0.3) is 0 Å². The molecule has 0 aliphatic rings. The number of aromatic nitrogens is 3. The molecule has 5 N–H and O–H groups in total. The van der Waals surface area contributed by atoms with E-state index in [0.29, 0.717) is 42.5 Å². The summed E-state index contributed by atoms with van der Waals surface area (Å²) in [7, 11) is 0. The van der Waals surface area contributed by atoms with E-state index in [0.717, 1.165) is 5.56 Å². The third-order valence-corrected chi connectivity index (χ3v) is 4.35. The standard InChI is InChI=1S/C22H26FN7O/c1-22(2,24)7-8-27-21(31)16-11-18(28-13-15-3-5-17(23)6-4-15)29-19(12-16)30-20-14-25-9-10-26-20/h3-6,9-12,14H,7-8,13,24H2,1-2H3,(H,27,31)(H2,26,28,29,30). The summed E-state index contributed by atoms with van der Waals surface area (Å²) in [5.41, 5.74) is 6.92. The number of halogens is 1. The van der Waals surface area contributed by atoms with Gasteiger partial charge in [0, 0.05) is 36.6 Å². The predicted octanol–water partition coefficient (Wildman–Crippen LogP) is 3.22. The molecule has 0 aliphatic carbocycles. The molecule has 1 aromatic carbocycles. The highest BCUT2D eigenvalue weighted by Gasteiger charge is 2.14. The number of rotatable bonds is 9. The lowest BCUT2D eigenvalue weighted by Gasteiger charge is -2.18. The normalized spacial score (nSPS) is 11.1. The van der Waals surface area contributed by atoms with Crippen LogP contribution in [0.5, 0.6) is 0 Å². The Morgan fingerprint density at radius 3 is 2.52 bits per heavy atom. The lowest BCUT2D eigenvalue weighted by molar-refractivity contribution is 0.0951. The van der Waals surface area contributed by atoms with Crippen molar-refractivity contribution in [2.24, 2.45) is 5.73 Å². The fourth-order valence-corrected chi connectivity index (χ4v) is 2.71. The molecule has 0 radical (unpaired) electrons. The maximum absolute atomic E-state index is 13.1. The minimum atomic E-state index is -0.369. The molecular formula is C22H26FN7O. The van der Waals surface area contributed by atoms with Crippen LogP contribution in [0, 0.1) is 5.82 Å². The van der Waals surface area contributed by atoms with Crippen molar-refractivity contribution in [1.82, 2.24) is 20.3 Å². The van der Waals surface area contributed by atoms with Crippen molar-refractivity contribution >= 4 is 23.4 Å². The van der Waals surface area contributed by atoms with Crippen LogP contribution in [0.3, 0.4) is 0 Å². The van der Waals surface area contributed by atoms with E-state index in [-0.39, 0.29) is 17.3 Å². The van der Waals surface area contributed by atoms with Gasteiger partial charge in [-0.2, -0.15) is 0 Å². The van der Waals surface area contributed by atoms with Crippen molar-refractivity contribution in [3.05, 3.63) is 71.9 Å². The van der Waals surface area contributed by atoms with Gasteiger partial charge in [0.15, 0.2) is 0 Å². The molecule has 0 saturated heterocycles. The average molecular weight is 423 g/mol. The molecule has 0 saturated carbocycles. The minimum Gasteiger partial charge on any atom is -0.366 e. The molecule has 8 nitrogen and oxygen atoms in total. The molecule has 3 aromatic rings. The zero-order valence-corrected chi connectivity index (χ0v) is 17.5. The lowest BCUT2D eigenvalue weighted by Crippen LogP contribution is -2.37. The van der Waals surface area contributed by atoms with Gasteiger partial charge in [-0.3, -0.25) is 9.78 Å². The van der Waals surface area contributed by atoms with Crippen LogP contribution in [0.4, 0.5) is 21.8 Å². The van der Waals surface area contributed by atoms with E-state index >= 15 is 0 Å². The number of anilines is 3. The fourth-order valence-electron chi connectivity index (χ4n) is 2.71. The molecule has 9 heteroatoms. The van der Waals surface area contributed by atoms with Crippen molar-refractivity contribution in [3.8, 4) is 0 Å². The maximum Gasteiger partial charge on any atom is 0.251 e. The minimum absolute atomic E-state index is 0.237. The van der Waals surface area contributed by atoms with Gasteiger partial charge in [0.2, 0.25) is 0 Å². The average Bonchev–Trinajstić information content (AvgIpc) is 2.73. The maximum atomic E-state index is 13.1. The van der Waals surface area contributed by atoms with E-state index in [1.807, 2.05) is 13.8 Å². The number of hydrogen-bond donors (Lipinski definition) is 4. The third-order valence-electron chi connectivity index (χ3n) is 4.35. The Hall–Kier alpha value is -3.59. The van der Waals surface area contributed by atoms with Crippen molar-refractivity contribution < 1.29 is 9.18 Å². The molecular weight excluding hydrogens is 397 g/mol. The van der Waals surface area contributed by atoms with E-state index in [1.54, 1.807) is 42.9 Å². The molecule has 31 heavy (non-hydrogen) atoms. The third kappa shape index (κ3) is 7.31. The van der Waals surface area contributed by atoms with Crippen LogP contribution in [-0.2, 0) is 6.54 Å². The molecule has 0 atom stereocenters. The Morgan fingerprint density at radius 2 is 1.84 bits per heavy atom. The Labute approximate surface area is 180 Å². The van der Waals surface area contributed by atoms with Crippen LogP contribution < -0.4 is 21.7 Å². The Morgan fingerprint density at radius 1 is 1.10 bits per heavy atom. The number of nitrogens with zero attached hydrogens (tertiary/aromatic N) is 3. The van der Waals surface area contributed by atoms with Gasteiger partial charge in [0.25, 0.3) is 5.91 Å².